The summed E-state index contributed by atoms with van der Waals surface area (Å²) in [6, 6.07) is 0.258. The van der Waals surface area contributed by atoms with Crippen LogP contribution in [0.25, 0.3) is 0 Å². The number of likely N-dealkylation sites (tertiary alicyclic amines) is 1. The van der Waals surface area contributed by atoms with Crippen molar-refractivity contribution < 1.29 is 9.53 Å². The number of nitrogens with one attached hydrogen (secondary N) is 1. The van der Waals surface area contributed by atoms with Crippen molar-refractivity contribution in [2.75, 3.05) is 26.0 Å². The minimum Gasteiger partial charge on any atom is -0.444 e. The number of carbonyl (C=O) groups excluding carboxylic acids is 1. The average molecular weight is 263 g/mol. The summed E-state index contributed by atoms with van der Waals surface area (Å²) in [5.74, 6) is 1.06. The number of halogens is 1. The topological polar surface area (TPSA) is 41.6 Å². The summed E-state index contributed by atoms with van der Waals surface area (Å²) in [6.07, 6.45) is 0.694. The number of likely N-dealkylation sites (N-methyl/N-ethyl adjacent to an activating group) is 1. The molecule has 0 bridgehead atoms. The van der Waals surface area contributed by atoms with Crippen molar-refractivity contribution in [2.45, 2.75) is 38.8 Å². The molecule has 0 aromatic rings. The van der Waals surface area contributed by atoms with Gasteiger partial charge in [-0.15, -0.1) is 11.6 Å². The highest BCUT2D eigenvalue weighted by Crippen LogP contribution is 2.21. The van der Waals surface area contributed by atoms with Crippen molar-refractivity contribution in [2.24, 2.45) is 5.92 Å². The third kappa shape index (κ3) is 4.36. The van der Waals surface area contributed by atoms with Crippen LogP contribution >= 0.6 is 11.6 Å². The third-order valence-electron chi connectivity index (χ3n) is 2.98. The zero-order chi connectivity index (χ0) is 13.1. The highest BCUT2D eigenvalue weighted by molar-refractivity contribution is 6.18. The first-order valence-corrected chi connectivity index (χ1v) is 6.62. The molecule has 1 fully saturated rings. The van der Waals surface area contributed by atoms with E-state index in [-0.39, 0.29) is 12.1 Å². The first-order chi connectivity index (χ1) is 7.87. The molecule has 5 heteroatoms. The van der Waals surface area contributed by atoms with Crippen LogP contribution in [-0.2, 0) is 4.74 Å². The molecule has 1 saturated heterocycles. The first-order valence-electron chi connectivity index (χ1n) is 6.08. The monoisotopic (exact) mass is 262 g/mol. The van der Waals surface area contributed by atoms with Crippen LogP contribution in [0.1, 0.15) is 27.2 Å². The summed E-state index contributed by atoms with van der Waals surface area (Å²) < 4.78 is 5.37. The van der Waals surface area contributed by atoms with Gasteiger partial charge < -0.3 is 15.0 Å². The van der Waals surface area contributed by atoms with Gasteiger partial charge in [0.05, 0.1) is 0 Å². The minimum atomic E-state index is -0.435. The number of hydrogen-bond acceptors (Lipinski definition) is 3. The molecule has 0 radical (unpaired) electrons. The summed E-state index contributed by atoms with van der Waals surface area (Å²) in [7, 11) is 1.91. The van der Waals surface area contributed by atoms with Crippen LogP contribution in [0.3, 0.4) is 0 Å². The van der Waals surface area contributed by atoms with E-state index in [1.54, 1.807) is 4.90 Å². The zero-order valence-corrected chi connectivity index (χ0v) is 11.9. The van der Waals surface area contributed by atoms with Crippen molar-refractivity contribution >= 4 is 17.7 Å². The summed E-state index contributed by atoms with van der Waals surface area (Å²) in [6.45, 7) is 7.04. The van der Waals surface area contributed by atoms with E-state index in [9.17, 15) is 4.79 Å². The van der Waals surface area contributed by atoms with Crippen molar-refractivity contribution in [3.8, 4) is 0 Å². The number of piperidine rings is 1. The lowest BCUT2D eigenvalue weighted by Gasteiger charge is -2.38. The number of ether oxygens (including phenoxy) is 1. The molecule has 2 unspecified atom stereocenters. The van der Waals surface area contributed by atoms with Crippen LogP contribution in [0, 0.1) is 5.92 Å². The Balaban J connectivity index is 2.54. The smallest absolute Gasteiger partial charge is 0.410 e. The number of alkyl halides is 1. The van der Waals surface area contributed by atoms with Gasteiger partial charge >= 0.3 is 6.09 Å². The molecular formula is C12H23ClN2O2. The van der Waals surface area contributed by atoms with Crippen molar-refractivity contribution in [3.63, 3.8) is 0 Å². The first kappa shape index (κ1) is 14.6. The van der Waals surface area contributed by atoms with Gasteiger partial charge in [-0.3, -0.25) is 0 Å². The Bertz CT molecular complexity index is 266. The maximum absolute atomic E-state index is 11.9. The molecule has 0 aromatic carbocycles. The van der Waals surface area contributed by atoms with Crippen LogP contribution in [0.2, 0.25) is 0 Å². The second kappa shape index (κ2) is 5.91. The lowest BCUT2D eigenvalue weighted by Crippen LogP contribution is -2.53. The van der Waals surface area contributed by atoms with E-state index in [1.807, 2.05) is 27.8 Å². The molecule has 17 heavy (non-hydrogen) atoms. The van der Waals surface area contributed by atoms with Crippen LogP contribution < -0.4 is 5.32 Å². The molecule has 1 N–H and O–H groups in total. The Labute approximate surface area is 109 Å². The Morgan fingerprint density at radius 3 is 2.65 bits per heavy atom. The van der Waals surface area contributed by atoms with Gasteiger partial charge in [0.2, 0.25) is 0 Å². The van der Waals surface area contributed by atoms with Gasteiger partial charge in [0.15, 0.2) is 0 Å². The van der Waals surface area contributed by atoms with Crippen molar-refractivity contribution in [3.05, 3.63) is 0 Å². The highest BCUT2D eigenvalue weighted by Gasteiger charge is 2.32. The minimum absolute atomic E-state index is 0.231. The van der Waals surface area contributed by atoms with Crippen LogP contribution in [0.15, 0.2) is 0 Å². The molecule has 4 nitrogen and oxygen atoms in total. The zero-order valence-electron chi connectivity index (χ0n) is 11.1. The molecule has 0 aliphatic carbocycles. The third-order valence-corrected chi connectivity index (χ3v) is 3.37. The molecular weight excluding hydrogens is 240 g/mol. The fourth-order valence-corrected chi connectivity index (χ4v) is 2.37. The second-order valence-electron chi connectivity index (χ2n) is 5.52. The molecule has 0 saturated carbocycles. The molecule has 1 amide bonds. The Kier molecular flexibility index (Phi) is 5.07. The number of nitrogens with zero attached hydrogens (tertiary/aromatic N) is 1. The van der Waals surface area contributed by atoms with Gasteiger partial charge in [-0.1, -0.05) is 0 Å². The fraction of sp³-hybridized carbons (Fsp3) is 0.917. The van der Waals surface area contributed by atoms with Crippen molar-refractivity contribution in [1.82, 2.24) is 10.2 Å². The van der Waals surface area contributed by atoms with Gasteiger partial charge in [-0.05, 0) is 40.2 Å². The van der Waals surface area contributed by atoms with Gasteiger partial charge in [0, 0.05) is 25.0 Å². The Morgan fingerprint density at radius 2 is 2.18 bits per heavy atom. The standard InChI is InChI=1S/C12H23ClN2O2/c1-12(2,3)17-11(16)15-6-5-9(7-13)10(8-15)14-4/h9-10,14H,5-8H2,1-4H3. The van der Waals surface area contributed by atoms with Crippen LogP contribution in [0.4, 0.5) is 4.79 Å². The molecule has 1 aliphatic heterocycles. The fourth-order valence-electron chi connectivity index (χ4n) is 2.00. The van der Waals surface area contributed by atoms with E-state index in [2.05, 4.69) is 5.32 Å². The van der Waals surface area contributed by atoms with Crippen LogP contribution in [-0.4, -0.2) is 48.7 Å². The molecule has 1 heterocycles. The number of amides is 1. The largest absolute Gasteiger partial charge is 0.444 e. The quantitative estimate of drug-likeness (QED) is 0.775. The van der Waals surface area contributed by atoms with Gasteiger partial charge in [0.25, 0.3) is 0 Å². The average Bonchev–Trinajstić information content (AvgIpc) is 2.25. The summed E-state index contributed by atoms with van der Waals surface area (Å²) in [5.41, 5.74) is -0.435. The van der Waals surface area contributed by atoms with Gasteiger partial charge in [-0.2, -0.15) is 0 Å². The number of hydrogen-bond donors (Lipinski definition) is 1. The molecule has 0 aromatic heterocycles. The second-order valence-corrected chi connectivity index (χ2v) is 5.83. The van der Waals surface area contributed by atoms with Crippen LogP contribution in [0.5, 0.6) is 0 Å². The maximum atomic E-state index is 11.9. The normalized spacial score (nSPS) is 25.8. The number of carbonyl (C=O) groups is 1. The number of rotatable bonds is 2. The summed E-state index contributed by atoms with van der Waals surface area (Å²) in [5, 5.41) is 3.22. The SMILES string of the molecule is CNC1CN(C(=O)OC(C)(C)C)CCC1CCl. The van der Waals surface area contributed by atoms with E-state index in [0.29, 0.717) is 18.3 Å². The molecule has 100 valence electrons. The summed E-state index contributed by atoms with van der Waals surface area (Å²) >= 11 is 5.91. The lowest BCUT2D eigenvalue weighted by molar-refractivity contribution is 0.0154. The van der Waals surface area contributed by atoms with Crippen molar-refractivity contribution in [1.29, 1.82) is 0 Å². The van der Waals surface area contributed by atoms with E-state index in [0.717, 1.165) is 13.0 Å². The van der Waals surface area contributed by atoms with E-state index < -0.39 is 5.60 Å². The van der Waals surface area contributed by atoms with E-state index in [4.69, 9.17) is 16.3 Å². The molecule has 0 spiro atoms. The Morgan fingerprint density at radius 1 is 1.53 bits per heavy atom. The van der Waals surface area contributed by atoms with Gasteiger partial charge in [0.1, 0.15) is 5.60 Å². The van der Waals surface area contributed by atoms with E-state index in [1.165, 1.54) is 0 Å². The van der Waals surface area contributed by atoms with Gasteiger partial charge in [-0.25, -0.2) is 4.79 Å². The Hall–Kier alpha value is -0.480. The molecule has 2 atom stereocenters. The molecule has 1 rings (SSSR count). The lowest BCUT2D eigenvalue weighted by atomic mass is 9.94. The maximum Gasteiger partial charge on any atom is 0.410 e. The van der Waals surface area contributed by atoms with E-state index >= 15 is 0 Å². The predicted molar refractivity (Wildman–Crippen MR) is 69.5 cm³/mol. The predicted octanol–water partition coefficient (Wildman–Crippen LogP) is 2.07. The molecule has 1 aliphatic rings. The highest BCUT2D eigenvalue weighted by atomic mass is 35.5. The summed E-state index contributed by atoms with van der Waals surface area (Å²) in [4.78, 5) is 13.7.